The molecule has 0 aliphatic heterocycles. The van der Waals surface area contributed by atoms with Crippen molar-refractivity contribution in [2.45, 2.75) is 6.42 Å². The molecule has 0 bridgehead atoms. The Morgan fingerprint density at radius 1 is 1.67 bits per heavy atom. The van der Waals surface area contributed by atoms with Crippen molar-refractivity contribution in [3.8, 4) is 12.1 Å². The van der Waals surface area contributed by atoms with Gasteiger partial charge in [-0.15, -0.1) is 0 Å². The van der Waals surface area contributed by atoms with Crippen LogP contribution in [0.3, 0.4) is 0 Å². The summed E-state index contributed by atoms with van der Waals surface area (Å²) in [5.41, 5.74) is -0.230. The molecule has 62 valence electrons. The Hall–Kier alpha value is -1.88. The molecule has 0 amide bonds. The van der Waals surface area contributed by atoms with Crippen molar-refractivity contribution in [3.63, 3.8) is 0 Å². The molecule has 0 radical (unpaired) electrons. The first-order valence-corrected chi connectivity index (χ1v) is 3.09. The van der Waals surface area contributed by atoms with Gasteiger partial charge in [-0.2, -0.15) is 10.5 Å². The zero-order valence-corrected chi connectivity index (χ0v) is 6.50. The molecule has 1 N–H and O–H groups in total. The summed E-state index contributed by atoms with van der Waals surface area (Å²) in [6.45, 7) is 0. The number of esters is 1. The minimum Gasteiger partial charge on any atom is -0.468 e. The molecule has 0 spiro atoms. The second-order valence-electron chi connectivity index (χ2n) is 1.95. The van der Waals surface area contributed by atoms with Crippen molar-refractivity contribution in [1.82, 2.24) is 0 Å². The van der Waals surface area contributed by atoms with E-state index < -0.39 is 11.9 Å². The van der Waals surface area contributed by atoms with E-state index in [9.17, 15) is 4.79 Å². The Bertz CT molecular complexity index is 271. The molecule has 0 saturated heterocycles. The lowest BCUT2D eigenvalue weighted by molar-refractivity contribution is -0.141. The average molecular weight is 165 g/mol. The fraction of sp³-hybridized carbons (Fsp3) is 0.429. The van der Waals surface area contributed by atoms with E-state index in [4.69, 9.17) is 15.9 Å². The average Bonchev–Trinajstić information content (AvgIpc) is 2.06. The van der Waals surface area contributed by atoms with Gasteiger partial charge in [0.05, 0.1) is 31.4 Å². The maximum absolute atomic E-state index is 10.8. The molecule has 12 heavy (non-hydrogen) atoms. The maximum Gasteiger partial charge on any atom is 0.328 e. The van der Waals surface area contributed by atoms with Crippen molar-refractivity contribution in [2.24, 2.45) is 5.92 Å². The number of carbonyl (C=O) groups is 1. The second-order valence-corrected chi connectivity index (χ2v) is 1.95. The van der Waals surface area contributed by atoms with Crippen LogP contribution in [0.2, 0.25) is 0 Å². The van der Waals surface area contributed by atoms with Gasteiger partial charge in [-0.25, -0.2) is 0 Å². The zero-order chi connectivity index (χ0) is 9.56. The van der Waals surface area contributed by atoms with Crippen molar-refractivity contribution in [1.29, 1.82) is 15.9 Å². The van der Waals surface area contributed by atoms with Gasteiger partial charge in [0.1, 0.15) is 0 Å². The lowest BCUT2D eigenvalue weighted by Crippen LogP contribution is -2.22. The first-order chi connectivity index (χ1) is 5.67. The molecular formula is C7H7N3O2. The first-order valence-electron chi connectivity index (χ1n) is 3.09. The van der Waals surface area contributed by atoms with E-state index in [1.807, 2.05) is 0 Å². The van der Waals surface area contributed by atoms with Gasteiger partial charge in [-0.3, -0.25) is 4.79 Å². The minimum atomic E-state index is -1.24. The van der Waals surface area contributed by atoms with E-state index >= 15 is 0 Å². The smallest absolute Gasteiger partial charge is 0.328 e. The number of ether oxygens (including phenoxy) is 1. The summed E-state index contributed by atoms with van der Waals surface area (Å²) in [4.78, 5) is 10.8. The summed E-state index contributed by atoms with van der Waals surface area (Å²) in [6.07, 6.45) is -0.229. The van der Waals surface area contributed by atoms with Crippen LogP contribution < -0.4 is 0 Å². The monoisotopic (exact) mass is 165 g/mol. The van der Waals surface area contributed by atoms with Crippen LogP contribution in [-0.2, 0) is 9.53 Å². The maximum atomic E-state index is 10.8. The van der Waals surface area contributed by atoms with Crippen LogP contribution in [0.15, 0.2) is 0 Å². The molecule has 0 aliphatic carbocycles. The SMILES string of the molecule is COC(=O)C(C#N)C(=N)CC#N. The molecule has 0 aromatic rings. The molecule has 0 rings (SSSR count). The highest BCUT2D eigenvalue weighted by Gasteiger charge is 2.23. The summed E-state index contributed by atoms with van der Waals surface area (Å²) >= 11 is 0. The Morgan fingerprint density at radius 2 is 2.25 bits per heavy atom. The summed E-state index contributed by atoms with van der Waals surface area (Å²) in [5, 5.41) is 23.7. The Labute approximate surface area is 69.7 Å². The molecule has 0 aliphatic rings. The normalized spacial score (nSPS) is 10.6. The van der Waals surface area contributed by atoms with Crippen molar-refractivity contribution >= 4 is 11.7 Å². The number of hydrogen-bond donors (Lipinski definition) is 1. The quantitative estimate of drug-likeness (QED) is 0.478. The fourth-order valence-corrected chi connectivity index (χ4v) is 0.578. The predicted molar refractivity (Wildman–Crippen MR) is 39.1 cm³/mol. The van der Waals surface area contributed by atoms with Crippen LogP contribution in [0.5, 0.6) is 0 Å². The molecule has 0 aromatic carbocycles. The lowest BCUT2D eigenvalue weighted by atomic mass is 10.0. The largest absolute Gasteiger partial charge is 0.468 e. The van der Waals surface area contributed by atoms with Gasteiger partial charge in [0.15, 0.2) is 5.92 Å². The van der Waals surface area contributed by atoms with Crippen LogP contribution in [0, 0.1) is 34.0 Å². The van der Waals surface area contributed by atoms with Gasteiger partial charge >= 0.3 is 5.97 Å². The van der Waals surface area contributed by atoms with E-state index in [1.54, 1.807) is 12.1 Å². The van der Waals surface area contributed by atoms with E-state index in [-0.39, 0.29) is 12.1 Å². The number of nitrogens with one attached hydrogen (secondary N) is 1. The molecule has 1 unspecified atom stereocenters. The molecule has 5 heteroatoms. The second kappa shape index (κ2) is 4.86. The van der Waals surface area contributed by atoms with Gasteiger partial charge < -0.3 is 10.1 Å². The van der Waals surface area contributed by atoms with E-state index in [2.05, 4.69) is 4.74 Å². The molecule has 1 atom stereocenters. The summed E-state index contributed by atoms with van der Waals surface area (Å²) in [5.74, 6) is -2.03. The van der Waals surface area contributed by atoms with Crippen LogP contribution >= 0.6 is 0 Å². The molecular weight excluding hydrogens is 158 g/mol. The van der Waals surface area contributed by atoms with Crippen LogP contribution in [0.1, 0.15) is 6.42 Å². The first kappa shape index (κ1) is 10.1. The summed E-state index contributed by atoms with van der Waals surface area (Å²) in [7, 11) is 1.13. The number of nitriles is 2. The van der Waals surface area contributed by atoms with E-state index in [0.717, 1.165) is 7.11 Å². The van der Waals surface area contributed by atoms with Gasteiger partial charge in [-0.05, 0) is 0 Å². The van der Waals surface area contributed by atoms with Gasteiger partial charge in [0.2, 0.25) is 0 Å². The number of rotatable bonds is 3. The number of nitrogens with zero attached hydrogens (tertiary/aromatic N) is 2. The Kier molecular flexibility index (Phi) is 4.10. The van der Waals surface area contributed by atoms with Crippen molar-refractivity contribution in [3.05, 3.63) is 0 Å². The molecule has 0 aromatic heterocycles. The highest BCUT2D eigenvalue weighted by Crippen LogP contribution is 2.02. The number of methoxy groups -OCH3 is 1. The molecule has 0 saturated carbocycles. The van der Waals surface area contributed by atoms with E-state index in [0.29, 0.717) is 0 Å². The molecule has 0 fully saturated rings. The number of carbonyl (C=O) groups excluding carboxylic acids is 1. The molecule has 0 heterocycles. The number of hydrogen-bond acceptors (Lipinski definition) is 5. The van der Waals surface area contributed by atoms with Gasteiger partial charge in [0, 0.05) is 0 Å². The zero-order valence-electron chi connectivity index (χ0n) is 6.50. The van der Waals surface area contributed by atoms with Crippen molar-refractivity contribution < 1.29 is 9.53 Å². The highest BCUT2D eigenvalue weighted by atomic mass is 16.5. The summed E-state index contributed by atoms with van der Waals surface area (Å²) < 4.78 is 4.26. The van der Waals surface area contributed by atoms with Crippen LogP contribution in [0.25, 0.3) is 0 Å². The minimum absolute atomic E-state index is 0.229. The molecule has 5 nitrogen and oxygen atoms in total. The Morgan fingerprint density at radius 3 is 2.58 bits per heavy atom. The van der Waals surface area contributed by atoms with Crippen LogP contribution in [0.4, 0.5) is 0 Å². The van der Waals surface area contributed by atoms with Crippen molar-refractivity contribution in [2.75, 3.05) is 7.11 Å². The third kappa shape index (κ3) is 2.39. The highest BCUT2D eigenvalue weighted by molar-refractivity contribution is 6.03. The van der Waals surface area contributed by atoms with Gasteiger partial charge in [0.25, 0.3) is 0 Å². The van der Waals surface area contributed by atoms with Gasteiger partial charge in [-0.1, -0.05) is 0 Å². The third-order valence-corrected chi connectivity index (χ3v) is 1.18. The predicted octanol–water partition coefficient (Wildman–Crippen LogP) is 0.233. The fourth-order valence-electron chi connectivity index (χ4n) is 0.578. The lowest BCUT2D eigenvalue weighted by Gasteiger charge is -2.04. The Balaban J connectivity index is 4.40. The van der Waals surface area contributed by atoms with E-state index in [1.165, 1.54) is 0 Å². The summed E-state index contributed by atoms with van der Waals surface area (Å²) in [6, 6.07) is 3.26. The third-order valence-electron chi connectivity index (χ3n) is 1.18. The van der Waals surface area contributed by atoms with Crippen LogP contribution in [-0.4, -0.2) is 18.8 Å². The standard InChI is InChI=1S/C7H7N3O2/c1-12-7(11)5(4-9)6(10)2-3-8/h5,10H,2H2,1H3. The topological polar surface area (TPSA) is 97.7 Å².